The Balaban J connectivity index is 2.07. The van der Waals surface area contributed by atoms with Crippen molar-refractivity contribution >= 4 is 27.5 Å². The summed E-state index contributed by atoms with van der Waals surface area (Å²) in [5.74, 6) is -0.234. The van der Waals surface area contributed by atoms with Gasteiger partial charge in [-0.3, -0.25) is 13.9 Å². The van der Waals surface area contributed by atoms with Crippen LogP contribution >= 0.6 is 0 Å². The number of likely N-dealkylation sites (N-methyl/N-ethyl adjacent to an activating group) is 1. The number of carbonyl (C=O) groups excluding carboxylic acids is 2. The van der Waals surface area contributed by atoms with Gasteiger partial charge in [0.15, 0.2) is 11.5 Å². The topological polar surface area (TPSA) is 105 Å². The van der Waals surface area contributed by atoms with Gasteiger partial charge in [0.1, 0.15) is 12.6 Å². The highest BCUT2D eigenvalue weighted by Gasteiger charge is 2.33. The summed E-state index contributed by atoms with van der Waals surface area (Å²) < 4.78 is 39.7. The molecule has 214 valence electrons. The van der Waals surface area contributed by atoms with Crippen LogP contribution in [0, 0.1) is 13.8 Å². The summed E-state index contributed by atoms with van der Waals surface area (Å²) in [5.41, 5.74) is 3.08. The highest BCUT2D eigenvalue weighted by Crippen LogP contribution is 2.32. The van der Waals surface area contributed by atoms with E-state index in [-0.39, 0.29) is 23.1 Å². The first-order valence-corrected chi connectivity index (χ1v) is 14.4. The number of nitrogens with zero attached hydrogens (tertiary/aromatic N) is 2. The molecule has 0 aromatic heterocycles. The van der Waals surface area contributed by atoms with E-state index >= 15 is 0 Å². The maximum absolute atomic E-state index is 14.0. The van der Waals surface area contributed by atoms with Crippen LogP contribution in [0.15, 0.2) is 71.6 Å². The van der Waals surface area contributed by atoms with E-state index in [0.717, 1.165) is 21.0 Å². The van der Waals surface area contributed by atoms with Crippen molar-refractivity contribution in [2.45, 2.75) is 45.2 Å². The summed E-state index contributed by atoms with van der Waals surface area (Å²) in [6, 6.07) is 17.9. The van der Waals surface area contributed by atoms with Crippen molar-refractivity contribution in [1.82, 2.24) is 10.2 Å². The molecule has 0 aliphatic carbocycles. The summed E-state index contributed by atoms with van der Waals surface area (Å²) in [4.78, 5) is 28.1. The molecule has 0 spiro atoms. The molecule has 3 aromatic rings. The Morgan fingerprint density at radius 3 is 2.17 bits per heavy atom. The van der Waals surface area contributed by atoms with Gasteiger partial charge in [-0.1, -0.05) is 47.5 Å². The number of anilines is 1. The molecule has 0 bridgehead atoms. The van der Waals surface area contributed by atoms with Gasteiger partial charge < -0.3 is 19.7 Å². The minimum Gasteiger partial charge on any atom is -0.493 e. The second-order valence-corrected chi connectivity index (χ2v) is 11.3. The molecule has 1 atom stereocenters. The summed E-state index contributed by atoms with van der Waals surface area (Å²) in [6.07, 6.45) is 0. The lowest BCUT2D eigenvalue weighted by Crippen LogP contribution is -2.51. The van der Waals surface area contributed by atoms with Crippen molar-refractivity contribution < 1.29 is 27.5 Å². The molecule has 40 heavy (non-hydrogen) atoms. The van der Waals surface area contributed by atoms with E-state index in [1.54, 1.807) is 38.1 Å². The maximum atomic E-state index is 14.0. The smallest absolute Gasteiger partial charge is 0.264 e. The molecule has 3 rings (SSSR count). The largest absolute Gasteiger partial charge is 0.493 e. The molecule has 1 N–H and O–H groups in total. The van der Waals surface area contributed by atoms with E-state index in [1.807, 2.05) is 38.1 Å². The standard InChI is InChI=1S/C30H37N3O6S/c1-7-31-30(35)23(4)32(19-24-10-8-9-22(3)17-24)29(34)20-33(25-13-11-21(2)12-14-25)40(36,37)26-15-16-27(38-5)28(18-26)39-6/h8-18,23H,7,19-20H2,1-6H3,(H,31,35)/t23-/m1/s1. The first-order chi connectivity index (χ1) is 19.0. The lowest BCUT2D eigenvalue weighted by atomic mass is 10.1. The van der Waals surface area contributed by atoms with E-state index in [9.17, 15) is 18.0 Å². The second kappa shape index (κ2) is 13.3. The number of rotatable bonds is 12. The molecule has 0 saturated carbocycles. The number of benzene rings is 3. The lowest BCUT2D eigenvalue weighted by molar-refractivity contribution is -0.139. The molecule has 0 aliphatic rings. The summed E-state index contributed by atoms with van der Waals surface area (Å²) in [6.45, 7) is 7.28. The zero-order chi connectivity index (χ0) is 29.4. The molecule has 10 heteroatoms. The molecule has 9 nitrogen and oxygen atoms in total. The third kappa shape index (κ3) is 7.12. The van der Waals surface area contributed by atoms with Gasteiger partial charge in [-0.25, -0.2) is 8.42 Å². The molecule has 0 unspecified atom stereocenters. The fourth-order valence-corrected chi connectivity index (χ4v) is 5.69. The Hall–Kier alpha value is -4.05. The van der Waals surface area contributed by atoms with Gasteiger partial charge in [0.2, 0.25) is 11.8 Å². The molecule has 0 aliphatic heterocycles. The number of ether oxygens (including phenoxy) is 2. The minimum absolute atomic E-state index is 0.0690. The number of aryl methyl sites for hydroxylation is 2. The highest BCUT2D eigenvalue weighted by atomic mass is 32.2. The van der Waals surface area contributed by atoms with Gasteiger partial charge >= 0.3 is 0 Å². The number of sulfonamides is 1. The Bertz CT molecular complexity index is 1440. The van der Waals surface area contributed by atoms with Crippen molar-refractivity contribution in [3.8, 4) is 11.5 Å². The van der Waals surface area contributed by atoms with Crippen LogP contribution in [-0.4, -0.2) is 58.5 Å². The van der Waals surface area contributed by atoms with E-state index in [2.05, 4.69) is 5.32 Å². The second-order valence-electron chi connectivity index (χ2n) is 9.45. The number of nitrogens with one attached hydrogen (secondary N) is 1. The normalized spacial score (nSPS) is 11.8. The number of amides is 2. The first-order valence-electron chi connectivity index (χ1n) is 13.0. The molecular weight excluding hydrogens is 530 g/mol. The van der Waals surface area contributed by atoms with E-state index in [0.29, 0.717) is 18.0 Å². The number of hydrogen-bond acceptors (Lipinski definition) is 6. The van der Waals surface area contributed by atoms with Crippen LogP contribution < -0.4 is 19.1 Å². The van der Waals surface area contributed by atoms with Crippen LogP contribution in [0.25, 0.3) is 0 Å². The Morgan fingerprint density at radius 1 is 0.900 bits per heavy atom. The summed E-state index contributed by atoms with van der Waals surface area (Å²) in [7, 11) is -1.36. The van der Waals surface area contributed by atoms with E-state index < -0.39 is 28.5 Å². The third-order valence-corrected chi connectivity index (χ3v) is 8.27. The van der Waals surface area contributed by atoms with Gasteiger partial charge in [-0.05, 0) is 57.5 Å². The van der Waals surface area contributed by atoms with Crippen molar-refractivity contribution in [1.29, 1.82) is 0 Å². The third-order valence-electron chi connectivity index (χ3n) is 6.50. The van der Waals surface area contributed by atoms with Crippen molar-refractivity contribution in [3.05, 3.63) is 83.4 Å². The van der Waals surface area contributed by atoms with Crippen LogP contribution in [0.2, 0.25) is 0 Å². The van der Waals surface area contributed by atoms with Crippen molar-refractivity contribution in [2.75, 3.05) is 31.6 Å². The summed E-state index contributed by atoms with van der Waals surface area (Å²) in [5, 5.41) is 2.76. The Kier molecular flexibility index (Phi) is 10.2. The van der Waals surface area contributed by atoms with Crippen LogP contribution in [0.3, 0.4) is 0 Å². The monoisotopic (exact) mass is 567 g/mol. The molecule has 0 fully saturated rings. The zero-order valence-corrected chi connectivity index (χ0v) is 24.6. The molecular formula is C30H37N3O6S. The van der Waals surface area contributed by atoms with E-state index in [1.165, 1.54) is 37.3 Å². The molecule has 0 saturated heterocycles. The van der Waals surface area contributed by atoms with Crippen LogP contribution in [0.1, 0.15) is 30.5 Å². The van der Waals surface area contributed by atoms with Crippen LogP contribution in [0.4, 0.5) is 5.69 Å². The number of carbonyl (C=O) groups is 2. The van der Waals surface area contributed by atoms with Crippen LogP contribution in [0.5, 0.6) is 11.5 Å². The van der Waals surface area contributed by atoms with Gasteiger partial charge in [-0.15, -0.1) is 0 Å². The fourth-order valence-electron chi connectivity index (χ4n) is 4.26. The van der Waals surface area contributed by atoms with Crippen LogP contribution in [-0.2, 0) is 26.2 Å². The lowest BCUT2D eigenvalue weighted by Gasteiger charge is -2.32. The van der Waals surface area contributed by atoms with Gasteiger partial charge in [0.25, 0.3) is 10.0 Å². The zero-order valence-electron chi connectivity index (χ0n) is 23.8. The number of methoxy groups -OCH3 is 2. The predicted molar refractivity (Wildman–Crippen MR) is 155 cm³/mol. The molecule has 0 radical (unpaired) electrons. The first kappa shape index (κ1) is 30.5. The van der Waals surface area contributed by atoms with Crippen molar-refractivity contribution in [3.63, 3.8) is 0 Å². The van der Waals surface area contributed by atoms with Gasteiger partial charge in [0.05, 0.1) is 24.8 Å². The van der Waals surface area contributed by atoms with Crippen molar-refractivity contribution in [2.24, 2.45) is 0 Å². The maximum Gasteiger partial charge on any atom is 0.264 e. The van der Waals surface area contributed by atoms with E-state index in [4.69, 9.17) is 9.47 Å². The number of hydrogen-bond donors (Lipinski definition) is 1. The van der Waals surface area contributed by atoms with Gasteiger partial charge in [-0.2, -0.15) is 0 Å². The molecule has 2 amide bonds. The summed E-state index contributed by atoms with van der Waals surface area (Å²) >= 11 is 0. The predicted octanol–water partition coefficient (Wildman–Crippen LogP) is 4.07. The van der Waals surface area contributed by atoms with Gasteiger partial charge in [0, 0.05) is 19.2 Å². The Labute approximate surface area is 236 Å². The average molecular weight is 568 g/mol. The minimum atomic E-state index is -4.24. The Morgan fingerprint density at radius 2 is 1.57 bits per heavy atom. The fraction of sp³-hybridized carbons (Fsp3) is 0.333. The molecule has 0 heterocycles. The average Bonchev–Trinajstić information content (AvgIpc) is 2.94. The highest BCUT2D eigenvalue weighted by molar-refractivity contribution is 7.92. The molecule has 3 aromatic carbocycles. The SMILES string of the molecule is CCNC(=O)[C@@H](C)N(Cc1cccc(C)c1)C(=O)CN(c1ccc(C)cc1)S(=O)(=O)c1ccc(OC)c(OC)c1. The quantitative estimate of drug-likeness (QED) is 0.354.